The molecule has 3 nitrogen and oxygen atoms in total. The number of hydrogen-bond acceptors (Lipinski definition) is 4. The molecule has 166 valence electrons. The molecule has 0 amide bonds. The molecule has 4 aromatic carbocycles. The monoisotopic (exact) mass is 469 g/mol. The second-order valence-electron chi connectivity index (χ2n) is 8.10. The van der Waals surface area contributed by atoms with E-state index >= 15 is 0 Å². The van der Waals surface area contributed by atoms with Crippen LogP contribution in [0.25, 0.3) is 21.8 Å². The number of thioether (sulfide) groups is 2. The summed E-state index contributed by atoms with van der Waals surface area (Å²) in [4.78, 5) is 2.26. The van der Waals surface area contributed by atoms with Crippen LogP contribution in [0.4, 0.5) is 11.4 Å². The lowest BCUT2D eigenvalue weighted by Crippen LogP contribution is -1.93. The van der Waals surface area contributed by atoms with Crippen LogP contribution in [0.3, 0.4) is 0 Å². The van der Waals surface area contributed by atoms with Crippen LogP contribution in [0.1, 0.15) is 18.1 Å². The predicted octanol–water partition coefficient (Wildman–Crippen LogP) is 7.56. The number of nitrogens with zero attached hydrogens (tertiary/aromatic N) is 1. The van der Waals surface area contributed by atoms with Gasteiger partial charge in [0.1, 0.15) is 0 Å². The van der Waals surface area contributed by atoms with E-state index in [4.69, 9.17) is 11.5 Å². The number of para-hydroxylation sites is 2. The average molecular weight is 470 g/mol. The Bertz CT molecular complexity index is 1330. The average Bonchev–Trinajstić information content (AvgIpc) is 3.15. The number of aromatic nitrogens is 1. The van der Waals surface area contributed by atoms with Crippen LogP contribution in [0, 0.1) is 0 Å². The summed E-state index contributed by atoms with van der Waals surface area (Å²) in [7, 11) is 0. The Balaban J connectivity index is 1.47. The Morgan fingerprint density at radius 3 is 1.52 bits per heavy atom. The molecule has 0 atom stereocenters. The van der Waals surface area contributed by atoms with Crippen molar-refractivity contribution in [2.45, 2.75) is 34.8 Å². The molecule has 4 N–H and O–H groups in total. The number of hydrogen-bond donors (Lipinski definition) is 2. The number of fused-ring (bicyclic) bond motifs is 3. The maximum absolute atomic E-state index is 6.13. The molecule has 1 aromatic heterocycles. The lowest BCUT2D eigenvalue weighted by Gasteiger charge is -2.06. The summed E-state index contributed by atoms with van der Waals surface area (Å²) in [5, 5.41) is 2.63. The third-order valence-corrected chi connectivity index (χ3v) is 8.26. The zero-order valence-electron chi connectivity index (χ0n) is 18.6. The minimum atomic E-state index is 0.840. The molecule has 0 aliphatic rings. The number of rotatable bonds is 7. The lowest BCUT2D eigenvalue weighted by molar-refractivity contribution is 0.827. The fourth-order valence-corrected chi connectivity index (χ4v) is 6.09. The zero-order chi connectivity index (χ0) is 22.8. The number of anilines is 2. The Hall–Kier alpha value is -3.02. The maximum Gasteiger partial charge on any atom is 0.0491 e. The van der Waals surface area contributed by atoms with Gasteiger partial charge in [-0.1, -0.05) is 36.4 Å². The molecule has 0 aliphatic carbocycles. The molecule has 5 aromatic rings. The van der Waals surface area contributed by atoms with Gasteiger partial charge in [-0.25, -0.2) is 0 Å². The second-order valence-corrected chi connectivity index (χ2v) is 10.1. The minimum Gasteiger partial charge on any atom is -0.398 e. The molecule has 0 spiro atoms. The van der Waals surface area contributed by atoms with Crippen molar-refractivity contribution in [3.05, 3.63) is 96.1 Å². The van der Waals surface area contributed by atoms with Crippen LogP contribution in [0.2, 0.25) is 0 Å². The number of aryl methyl sites for hydroxylation is 1. The van der Waals surface area contributed by atoms with E-state index in [0.717, 1.165) is 39.2 Å². The third kappa shape index (κ3) is 4.43. The van der Waals surface area contributed by atoms with Crippen molar-refractivity contribution >= 4 is 56.7 Å². The van der Waals surface area contributed by atoms with Gasteiger partial charge in [-0.2, -0.15) is 0 Å². The first-order valence-corrected chi connectivity index (χ1v) is 13.1. The first-order valence-electron chi connectivity index (χ1n) is 11.1. The van der Waals surface area contributed by atoms with Crippen LogP contribution < -0.4 is 11.5 Å². The van der Waals surface area contributed by atoms with Gasteiger partial charge in [-0.15, -0.1) is 23.5 Å². The largest absolute Gasteiger partial charge is 0.398 e. The molecule has 0 saturated heterocycles. The van der Waals surface area contributed by atoms with E-state index in [2.05, 4.69) is 60.0 Å². The van der Waals surface area contributed by atoms with E-state index < -0.39 is 0 Å². The fraction of sp³-hybridized carbons (Fsp3) is 0.143. The molecular weight excluding hydrogens is 442 g/mol. The van der Waals surface area contributed by atoms with Crippen molar-refractivity contribution in [3.8, 4) is 0 Å². The Morgan fingerprint density at radius 1 is 0.636 bits per heavy atom. The molecule has 1 heterocycles. The second kappa shape index (κ2) is 9.46. The molecule has 33 heavy (non-hydrogen) atoms. The summed E-state index contributed by atoms with van der Waals surface area (Å²) < 4.78 is 2.41. The van der Waals surface area contributed by atoms with E-state index in [0.29, 0.717) is 0 Å². The Kier molecular flexibility index (Phi) is 6.25. The quantitative estimate of drug-likeness (QED) is 0.191. The van der Waals surface area contributed by atoms with Crippen LogP contribution in [-0.2, 0) is 18.1 Å². The van der Waals surface area contributed by atoms with Crippen LogP contribution >= 0.6 is 23.5 Å². The van der Waals surface area contributed by atoms with Gasteiger partial charge < -0.3 is 16.0 Å². The highest BCUT2D eigenvalue weighted by Crippen LogP contribution is 2.35. The van der Waals surface area contributed by atoms with Gasteiger partial charge in [-0.05, 0) is 66.6 Å². The molecule has 5 rings (SSSR count). The van der Waals surface area contributed by atoms with Gasteiger partial charge in [0.2, 0.25) is 0 Å². The highest BCUT2D eigenvalue weighted by molar-refractivity contribution is 7.99. The van der Waals surface area contributed by atoms with E-state index in [1.54, 1.807) is 23.5 Å². The van der Waals surface area contributed by atoms with Gasteiger partial charge >= 0.3 is 0 Å². The summed E-state index contributed by atoms with van der Waals surface area (Å²) in [6.45, 7) is 3.16. The van der Waals surface area contributed by atoms with E-state index in [9.17, 15) is 0 Å². The van der Waals surface area contributed by atoms with Gasteiger partial charge in [0.25, 0.3) is 0 Å². The molecular formula is C28H27N3S2. The highest BCUT2D eigenvalue weighted by Gasteiger charge is 2.12. The van der Waals surface area contributed by atoms with E-state index in [1.807, 2.05) is 36.4 Å². The molecule has 0 unspecified atom stereocenters. The first kappa shape index (κ1) is 21.8. The van der Waals surface area contributed by atoms with E-state index in [1.165, 1.54) is 32.9 Å². The van der Waals surface area contributed by atoms with Crippen molar-refractivity contribution in [1.82, 2.24) is 4.57 Å². The minimum absolute atomic E-state index is 0.840. The third-order valence-electron chi connectivity index (χ3n) is 5.94. The smallest absolute Gasteiger partial charge is 0.0491 e. The SMILES string of the molecule is CCn1c2ccc(CSc3ccccc3N)cc2c2cc(CSc3ccccc3N)ccc21. The first-order chi connectivity index (χ1) is 16.1. The van der Waals surface area contributed by atoms with Crippen molar-refractivity contribution in [3.63, 3.8) is 0 Å². The number of nitrogen functional groups attached to an aromatic ring is 2. The van der Waals surface area contributed by atoms with Crippen LogP contribution in [-0.4, -0.2) is 4.57 Å². The number of nitrogens with two attached hydrogens (primary N) is 2. The van der Waals surface area contributed by atoms with Gasteiger partial charge in [-0.3, -0.25) is 0 Å². The summed E-state index contributed by atoms with van der Waals surface area (Å²) in [6, 6.07) is 29.9. The van der Waals surface area contributed by atoms with E-state index in [-0.39, 0.29) is 0 Å². The van der Waals surface area contributed by atoms with Crippen molar-refractivity contribution < 1.29 is 0 Å². The van der Waals surface area contributed by atoms with Crippen molar-refractivity contribution in [1.29, 1.82) is 0 Å². The fourth-order valence-electron chi connectivity index (χ4n) is 4.26. The molecule has 0 bridgehead atoms. The van der Waals surface area contributed by atoms with Gasteiger partial charge in [0.05, 0.1) is 0 Å². The zero-order valence-corrected chi connectivity index (χ0v) is 20.3. The lowest BCUT2D eigenvalue weighted by atomic mass is 10.1. The highest BCUT2D eigenvalue weighted by atomic mass is 32.2. The van der Waals surface area contributed by atoms with Crippen LogP contribution in [0.15, 0.2) is 94.7 Å². The molecule has 0 fully saturated rings. The summed E-state index contributed by atoms with van der Waals surface area (Å²) >= 11 is 3.58. The van der Waals surface area contributed by atoms with Crippen LogP contribution in [0.5, 0.6) is 0 Å². The topological polar surface area (TPSA) is 57.0 Å². The Morgan fingerprint density at radius 2 is 1.09 bits per heavy atom. The number of benzene rings is 4. The summed E-state index contributed by atoms with van der Waals surface area (Å²) in [5.74, 6) is 1.79. The van der Waals surface area contributed by atoms with Crippen molar-refractivity contribution in [2.24, 2.45) is 0 Å². The molecule has 0 aliphatic heterocycles. The van der Waals surface area contributed by atoms with Gasteiger partial charge in [0.15, 0.2) is 0 Å². The molecule has 0 saturated carbocycles. The van der Waals surface area contributed by atoms with Gasteiger partial charge in [0, 0.05) is 61.0 Å². The predicted molar refractivity (Wildman–Crippen MR) is 146 cm³/mol. The Labute approximate surface area is 203 Å². The molecule has 5 heteroatoms. The summed E-state index contributed by atoms with van der Waals surface area (Å²) in [5.41, 5.74) is 19.1. The standard InChI is InChI=1S/C28H27N3S2/c1-2-31-25-13-11-19(17-32-27-9-5-3-7-23(27)29)15-21(25)22-16-20(12-14-26(22)31)18-33-28-10-6-4-8-24(28)30/h3-16H,2,17-18,29-30H2,1H3. The van der Waals surface area contributed by atoms with Crippen molar-refractivity contribution in [2.75, 3.05) is 11.5 Å². The summed E-state index contributed by atoms with van der Waals surface area (Å²) in [6.07, 6.45) is 0. The normalized spacial score (nSPS) is 11.4. The molecule has 0 radical (unpaired) electrons. The maximum atomic E-state index is 6.13.